The van der Waals surface area contributed by atoms with Crippen LogP contribution in [0.3, 0.4) is 0 Å². The van der Waals surface area contributed by atoms with Crippen LogP contribution in [0.15, 0.2) is 36.4 Å². The number of rotatable bonds is 1. The summed E-state index contributed by atoms with van der Waals surface area (Å²) in [7, 11) is 0. The second kappa shape index (κ2) is 4.10. The highest BCUT2D eigenvalue weighted by Gasteiger charge is 2.08. The van der Waals surface area contributed by atoms with Crippen molar-refractivity contribution in [1.29, 1.82) is 0 Å². The molecule has 0 aliphatic rings. The van der Waals surface area contributed by atoms with Crippen molar-refractivity contribution in [3.8, 4) is 16.9 Å². The van der Waals surface area contributed by atoms with Gasteiger partial charge in [0.25, 0.3) is 0 Å². The Morgan fingerprint density at radius 3 is 2.38 bits per heavy atom. The van der Waals surface area contributed by atoms with Crippen molar-refractivity contribution in [1.82, 2.24) is 0 Å². The summed E-state index contributed by atoms with van der Waals surface area (Å²) < 4.78 is 26.5. The lowest BCUT2D eigenvalue weighted by Gasteiger charge is -2.05. The highest BCUT2D eigenvalue weighted by Crippen LogP contribution is 2.28. The average Bonchev–Trinajstić information content (AvgIpc) is 2.15. The first-order valence-corrected chi connectivity index (χ1v) is 4.89. The Labute approximate surface area is 95.9 Å². The summed E-state index contributed by atoms with van der Waals surface area (Å²) in [4.78, 5) is 0. The van der Waals surface area contributed by atoms with Crippen LogP contribution in [0.4, 0.5) is 8.78 Å². The molecule has 1 nitrogen and oxygen atoms in total. The zero-order valence-electron chi connectivity index (χ0n) is 8.05. The molecule has 0 unspecified atom stereocenters. The maximum absolute atomic E-state index is 13.5. The van der Waals surface area contributed by atoms with Gasteiger partial charge in [0.2, 0.25) is 0 Å². The molecule has 2 aromatic carbocycles. The van der Waals surface area contributed by atoms with E-state index in [0.29, 0.717) is 5.56 Å². The Hall–Kier alpha value is -1.61. The van der Waals surface area contributed by atoms with Crippen LogP contribution in [0.5, 0.6) is 5.75 Å². The molecule has 0 spiro atoms. The molecule has 16 heavy (non-hydrogen) atoms. The maximum atomic E-state index is 13.5. The number of hydrogen-bond donors (Lipinski definition) is 1. The van der Waals surface area contributed by atoms with Gasteiger partial charge in [-0.25, -0.2) is 8.78 Å². The fourth-order valence-electron chi connectivity index (χ4n) is 1.45. The molecule has 0 aliphatic carbocycles. The number of benzene rings is 2. The zero-order chi connectivity index (χ0) is 11.7. The number of phenolic OH excluding ortho intramolecular Hbond substituents is 1. The third kappa shape index (κ3) is 2.14. The Bertz CT molecular complexity index is 520. The van der Waals surface area contributed by atoms with Gasteiger partial charge in [0.1, 0.15) is 17.4 Å². The average molecular weight is 241 g/mol. The van der Waals surface area contributed by atoms with Gasteiger partial charge in [0, 0.05) is 16.7 Å². The van der Waals surface area contributed by atoms with Gasteiger partial charge in [-0.1, -0.05) is 11.6 Å². The monoisotopic (exact) mass is 240 g/mol. The van der Waals surface area contributed by atoms with E-state index >= 15 is 0 Å². The molecule has 0 fully saturated rings. The van der Waals surface area contributed by atoms with E-state index in [-0.39, 0.29) is 16.3 Å². The van der Waals surface area contributed by atoms with Crippen molar-refractivity contribution in [2.75, 3.05) is 0 Å². The molecule has 0 atom stereocenters. The molecule has 0 amide bonds. The van der Waals surface area contributed by atoms with E-state index in [1.807, 2.05) is 0 Å². The van der Waals surface area contributed by atoms with Gasteiger partial charge in [-0.15, -0.1) is 0 Å². The molecule has 0 saturated carbocycles. The van der Waals surface area contributed by atoms with E-state index in [1.165, 1.54) is 24.3 Å². The fourth-order valence-corrected chi connectivity index (χ4v) is 1.67. The molecule has 0 saturated heterocycles. The lowest BCUT2D eigenvalue weighted by molar-refractivity contribution is 0.469. The minimum Gasteiger partial charge on any atom is -0.508 e. The second-order valence-electron chi connectivity index (χ2n) is 3.32. The molecular weight excluding hydrogens is 234 g/mol. The van der Waals surface area contributed by atoms with Gasteiger partial charge >= 0.3 is 0 Å². The van der Waals surface area contributed by atoms with Crippen molar-refractivity contribution < 1.29 is 13.9 Å². The van der Waals surface area contributed by atoms with Gasteiger partial charge in [-0.05, 0) is 35.9 Å². The highest BCUT2D eigenvalue weighted by molar-refractivity contribution is 6.30. The van der Waals surface area contributed by atoms with Crippen molar-refractivity contribution in [3.05, 3.63) is 53.1 Å². The molecule has 4 heteroatoms. The topological polar surface area (TPSA) is 20.2 Å². The van der Waals surface area contributed by atoms with Gasteiger partial charge in [-0.3, -0.25) is 0 Å². The van der Waals surface area contributed by atoms with E-state index in [2.05, 4.69) is 0 Å². The predicted octanol–water partition coefficient (Wildman–Crippen LogP) is 3.99. The third-order valence-corrected chi connectivity index (χ3v) is 2.34. The zero-order valence-corrected chi connectivity index (χ0v) is 8.80. The first-order valence-electron chi connectivity index (χ1n) is 4.51. The van der Waals surface area contributed by atoms with Crippen LogP contribution in [-0.4, -0.2) is 5.11 Å². The van der Waals surface area contributed by atoms with Crippen molar-refractivity contribution >= 4 is 11.6 Å². The summed E-state index contributed by atoms with van der Waals surface area (Å²) in [5, 5.41) is 9.25. The van der Waals surface area contributed by atoms with E-state index in [9.17, 15) is 8.78 Å². The quantitative estimate of drug-likeness (QED) is 0.799. The minimum absolute atomic E-state index is 0.177. The molecule has 0 bridgehead atoms. The molecule has 1 N–H and O–H groups in total. The maximum Gasteiger partial charge on any atom is 0.134 e. The third-order valence-electron chi connectivity index (χ3n) is 2.13. The summed E-state index contributed by atoms with van der Waals surface area (Å²) in [5.41, 5.74) is 0.529. The van der Waals surface area contributed by atoms with Crippen LogP contribution >= 0.6 is 11.6 Å². The van der Waals surface area contributed by atoms with Crippen LogP contribution in [0.1, 0.15) is 0 Å². The standard InChI is InChI=1S/C12H7ClF2O/c13-8-3-7(4-9(14)5-8)11-2-1-10(16)6-12(11)15/h1-6,16H. The second-order valence-corrected chi connectivity index (χ2v) is 3.76. The molecule has 0 radical (unpaired) electrons. The molecular formula is C12H7ClF2O. The first-order chi connectivity index (χ1) is 7.56. The van der Waals surface area contributed by atoms with Gasteiger partial charge in [0.15, 0.2) is 0 Å². The van der Waals surface area contributed by atoms with Crippen molar-refractivity contribution in [2.24, 2.45) is 0 Å². The lowest BCUT2D eigenvalue weighted by Crippen LogP contribution is -1.85. The largest absolute Gasteiger partial charge is 0.508 e. The lowest BCUT2D eigenvalue weighted by atomic mass is 10.0. The number of hydrogen-bond acceptors (Lipinski definition) is 1. The Balaban J connectivity index is 2.58. The van der Waals surface area contributed by atoms with Crippen LogP contribution in [0, 0.1) is 11.6 Å². The van der Waals surface area contributed by atoms with Crippen LogP contribution < -0.4 is 0 Å². The van der Waals surface area contributed by atoms with Crippen LogP contribution in [0.2, 0.25) is 5.02 Å². The van der Waals surface area contributed by atoms with E-state index in [4.69, 9.17) is 16.7 Å². The molecule has 0 aromatic heterocycles. The summed E-state index contributed by atoms with van der Waals surface area (Å²) in [5.74, 6) is -1.33. The van der Waals surface area contributed by atoms with E-state index in [0.717, 1.165) is 12.1 Å². The van der Waals surface area contributed by atoms with Crippen LogP contribution in [0.25, 0.3) is 11.1 Å². The van der Waals surface area contributed by atoms with Gasteiger partial charge in [-0.2, -0.15) is 0 Å². The number of aromatic hydroxyl groups is 1. The molecule has 82 valence electrons. The predicted molar refractivity (Wildman–Crippen MR) is 58.5 cm³/mol. The summed E-state index contributed by atoms with van der Waals surface area (Å²) in [6, 6.07) is 7.45. The fraction of sp³-hybridized carbons (Fsp3) is 0. The Morgan fingerprint density at radius 2 is 1.75 bits per heavy atom. The summed E-state index contributed by atoms with van der Waals surface area (Å²) in [6.45, 7) is 0. The number of halogens is 3. The normalized spacial score (nSPS) is 10.4. The molecule has 0 aliphatic heterocycles. The molecule has 0 heterocycles. The van der Waals surface area contributed by atoms with E-state index < -0.39 is 11.6 Å². The van der Waals surface area contributed by atoms with Gasteiger partial charge < -0.3 is 5.11 Å². The highest BCUT2D eigenvalue weighted by atomic mass is 35.5. The smallest absolute Gasteiger partial charge is 0.134 e. The van der Waals surface area contributed by atoms with Crippen LogP contribution in [-0.2, 0) is 0 Å². The van der Waals surface area contributed by atoms with E-state index in [1.54, 1.807) is 0 Å². The summed E-state index contributed by atoms with van der Waals surface area (Å²) in [6.07, 6.45) is 0. The summed E-state index contributed by atoms with van der Waals surface area (Å²) >= 11 is 5.67. The van der Waals surface area contributed by atoms with Gasteiger partial charge in [0.05, 0.1) is 0 Å². The van der Waals surface area contributed by atoms with Crippen molar-refractivity contribution in [3.63, 3.8) is 0 Å². The SMILES string of the molecule is Oc1ccc(-c2cc(F)cc(Cl)c2)c(F)c1. The number of phenols is 1. The first kappa shape index (κ1) is 10.9. The van der Waals surface area contributed by atoms with Crippen molar-refractivity contribution in [2.45, 2.75) is 0 Å². The minimum atomic E-state index is -0.623. The Kier molecular flexibility index (Phi) is 2.79. The Morgan fingerprint density at radius 1 is 1.00 bits per heavy atom. The molecule has 2 rings (SSSR count). The molecule has 2 aromatic rings.